The van der Waals surface area contributed by atoms with Gasteiger partial charge >= 0.3 is 0 Å². The van der Waals surface area contributed by atoms with Crippen LogP contribution in [0.25, 0.3) is 0 Å². The van der Waals surface area contributed by atoms with Crippen molar-refractivity contribution in [3.05, 3.63) is 29.3 Å². The molecular formula is C17H19NO4. The van der Waals surface area contributed by atoms with Crippen LogP contribution < -0.4 is 4.74 Å². The maximum absolute atomic E-state index is 10.4. The minimum Gasteiger partial charge on any atom is -0.504 e. The second kappa shape index (κ2) is 3.78. The van der Waals surface area contributed by atoms with Crippen molar-refractivity contribution in [2.45, 2.75) is 36.5 Å². The molecule has 0 radical (unpaired) electrons. The molecule has 22 heavy (non-hydrogen) atoms. The number of phenols is 2. The molecule has 1 fully saturated rings. The SMILES string of the molecule is CN1CC[C@]23c4c5cc(O)c(O)c4O[C@H]2C(O)C=C[C@H]3[C@H]1C5. The third kappa shape index (κ3) is 1.21. The average Bonchev–Trinajstić information content (AvgIpc) is 2.84. The van der Waals surface area contributed by atoms with Crippen LogP contribution in [0, 0.1) is 5.92 Å². The number of nitrogens with zero attached hydrogens (tertiary/aromatic N) is 1. The van der Waals surface area contributed by atoms with Gasteiger partial charge in [-0.25, -0.2) is 0 Å². The van der Waals surface area contributed by atoms with E-state index in [0.717, 1.165) is 30.5 Å². The number of benzene rings is 1. The highest BCUT2D eigenvalue weighted by atomic mass is 16.5. The van der Waals surface area contributed by atoms with E-state index in [0.29, 0.717) is 11.8 Å². The Labute approximate surface area is 128 Å². The van der Waals surface area contributed by atoms with Gasteiger partial charge in [-0.3, -0.25) is 0 Å². The van der Waals surface area contributed by atoms with E-state index >= 15 is 0 Å². The molecule has 1 saturated heterocycles. The van der Waals surface area contributed by atoms with Gasteiger partial charge in [-0.1, -0.05) is 12.2 Å². The average molecular weight is 301 g/mol. The zero-order chi connectivity index (χ0) is 15.2. The first-order valence-electron chi connectivity index (χ1n) is 7.85. The molecule has 4 aliphatic rings. The van der Waals surface area contributed by atoms with Gasteiger partial charge in [0, 0.05) is 22.9 Å². The summed E-state index contributed by atoms with van der Waals surface area (Å²) >= 11 is 0. The maximum Gasteiger partial charge on any atom is 0.200 e. The van der Waals surface area contributed by atoms with Crippen molar-refractivity contribution >= 4 is 0 Å². The van der Waals surface area contributed by atoms with E-state index in [1.807, 2.05) is 6.08 Å². The lowest BCUT2D eigenvalue weighted by Gasteiger charge is -2.56. The van der Waals surface area contributed by atoms with Crippen LogP contribution >= 0.6 is 0 Å². The Morgan fingerprint density at radius 2 is 2.14 bits per heavy atom. The van der Waals surface area contributed by atoms with Gasteiger partial charge in [-0.05, 0) is 38.1 Å². The maximum atomic E-state index is 10.4. The van der Waals surface area contributed by atoms with Crippen molar-refractivity contribution < 1.29 is 20.1 Å². The number of phenolic OH excluding ortho intramolecular Hbond substituents is 2. The first-order chi connectivity index (χ1) is 10.5. The summed E-state index contributed by atoms with van der Waals surface area (Å²) in [6, 6.07) is 2.01. The fourth-order valence-corrected chi connectivity index (χ4v) is 5.30. The molecule has 2 aliphatic carbocycles. The van der Waals surface area contributed by atoms with Crippen LogP contribution in [0.3, 0.4) is 0 Å². The number of hydrogen-bond donors (Lipinski definition) is 3. The van der Waals surface area contributed by atoms with Crippen molar-refractivity contribution in [2.24, 2.45) is 5.92 Å². The number of rotatable bonds is 0. The van der Waals surface area contributed by atoms with Crippen molar-refractivity contribution in [3.63, 3.8) is 0 Å². The highest BCUT2D eigenvalue weighted by Gasteiger charge is 2.64. The number of hydrogen-bond acceptors (Lipinski definition) is 5. The van der Waals surface area contributed by atoms with Gasteiger partial charge in [-0.15, -0.1) is 0 Å². The molecule has 1 aromatic carbocycles. The fourth-order valence-electron chi connectivity index (χ4n) is 5.30. The lowest BCUT2D eigenvalue weighted by atomic mass is 9.53. The normalized spacial score (nSPS) is 41.2. The monoisotopic (exact) mass is 301 g/mol. The minimum atomic E-state index is -0.680. The number of aliphatic hydroxyl groups excluding tert-OH is 1. The van der Waals surface area contributed by atoms with Gasteiger partial charge in [0.15, 0.2) is 11.5 Å². The molecule has 5 nitrogen and oxygen atoms in total. The van der Waals surface area contributed by atoms with E-state index in [1.165, 1.54) is 0 Å². The fraction of sp³-hybridized carbons (Fsp3) is 0.529. The van der Waals surface area contributed by atoms with Crippen molar-refractivity contribution in [3.8, 4) is 17.2 Å². The number of piperidine rings is 1. The summed E-state index contributed by atoms with van der Waals surface area (Å²) in [6.45, 7) is 0.947. The predicted molar refractivity (Wildman–Crippen MR) is 79.2 cm³/mol. The molecule has 5 heteroatoms. The minimum absolute atomic E-state index is 0.134. The summed E-state index contributed by atoms with van der Waals surface area (Å²) in [4.78, 5) is 2.36. The van der Waals surface area contributed by atoms with Crippen LogP contribution in [0.5, 0.6) is 17.2 Å². The molecule has 1 aromatic rings. The largest absolute Gasteiger partial charge is 0.504 e. The van der Waals surface area contributed by atoms with Crippen LogP contribution in [0.2, 0.25) is 0 Å². The lowest BCUT2D eigenvalue weighted by Crippen LogP contribution is -2.64. The molecule has 3 N–H and O–H groups in total. The number of aliphatic hydroxyl groups is 1. The quantitative estimate of drug-likeness (QED) is 0.490. The standard InChI is InChI=1S/C17H19NO4/c1-18-5-4-17-9-2-3-11(19)16(17)22-15-13(17)8(6-10(9)18)7-12(20)14(15)21/h2-3,7,9-11,16,19-21H,4-6H2,1H3/t9-,10+,11?,16-,17-/m0/s1. The summed E-state index contributed by atoms with van der Waals surface area (Å²) in [5.74, 6) is 0.337. The van der Waals surface area contributed by atoms with Crippen LogP contribution in [-0.4, -0.2) is 52.1 Å². The summed E-state index contributed by atoms with van der Waals surface area (Å²) in [6.07, 6.45) is 4.62. The third-order valence-electron chi connectivity index (χ3n) is 6.24. The second-order valence-corrected chi connectivity index (χ2v) is 7.09. The second-order valence-electron chi connectivity index (χ2n) is 7.09. The Kier molecular flexibility index (Phi) is 2.20. The molecule has 0 amide bonds. The van der Waals surface area contributed by atoms with Crippen molar-refractivity contribution in [1.29, 1.82) is 0 Å². The Morgan fingerprint density at radius 3 is 2.95 bits per heavy atom. The van der Waals surface area contributed by atoms with E-state index < -0.39 is 6.10 Å². The van der Waals surface area contributed by atoms with Crippen LogP contribution in [-0.2, 0) is 11.8 Å². The zero-order valence-electron chi connectivity index (χ0n) is 12.4. The smallest absolute Gasteiger partial charge is 0.200 e. The highest BCUT2D eigenvalue weighted by molar-refractivity contribution is 5.66. The molecule has 5 atom stereocenters. The molecule has 0 saturated carbocycles. The van der Waals surface area contributed by atoms with Gasteiger partial charge in [0.2, 0.25) is 5.75 Å². The molecule has 1 unspecified atom stereocenters. The third-order valence-corrected chi connectivity index (χ3v) is 6.24. The number of likely N-dealkylation sites (tertiary alicyclic amines) is 1. The van der Waals surface area contributed by atoms with E-state index in [9.17, 15) is 15.3 Å². The summed E-state index contributed by atoms with van der Waals surface area (Å²) in [5, 5.41) is 30.7. The van der Waals surface area contributed by atoms with E-state index in [2.05, 4.69) is 18.0 Å². The van der Waals surface area contributed by atoms with E-state index in [-0.39, 0.29) is 28.9 Å². The molecule has 0 aromatic heterocycles. The van der Waals surface area contributed by atoms with Gasteiger partial charge in [0.1, 0.15) is 12.2 Å². The molecule has 1 spiro atoms. The predicted octanol–water partition coefficient (Wildman–Crippen LogP) is 0.904. The summed E-state index contributed by atoms with van der Waals surface area (Å²) in [7, 11) is 2.13. The molecule has 2 bridgehead atoms. The topological polar surface area (TPSA) is 73.2 Å². The molecule has 116 valence electrons. The van der Waals surface area contributed by atoms with Crippen LogP contribution in [0.1, 0.15) is 17.5 Å². The first kappa shape index (κ1) is 12.8. The van der Waals surface area contributed by atoms with Crippen molar-refractivity contribution in [1.82, 2.24) is 4.90 Å². The summed E-state index contributed by atoms with van der Waals surface area (Å²) < 4.78 is 6.01. The number of likely N-dealkylation sites (N-methyl/N-ethyl adjacent to an activating group) is 1. The van der Waals surface area contributed by atoms with E-state index in [4.69, 9.17) is 4.74 Å². The van der Waals surface area contributed by atoms with Crippen LogP contribution in [0.4, 0.5) is 0 Å². The Hall–Kier alpha value is -1.72. The Bertz CT molecular complexity index is 715. The van der Waals surface area contributed by atoms with Gasteiger partial charge in [0.25, 0.3) is 0 Å². The number of aromatic hydroxyl groups is 2. The molecular weight excluding hydrogens is 282 g/mol. The first-order valence-corrected chi connectivity index (χ1v) is 7.85. The van der Waals surface area contributed by atoms with E-state index in [1.54, 1.807) is 6.07 Å². The van der Waals surface area contributed by atoms with Gasteiger partial charge in [-0.2, -0.15) is 0 Å². The Balaban J connectivity index is 1.85. The van der Waals surface area contributed by atoms with Gasteiger partial charge < -0.3 is 25.0 Å². The molecule has 2 aliphatic heterocycles. The van der Waals surface area contributed by atoms with Gasteiger partial charge in [0.05, 0.1) is 0 Å². The number of ether oxygens (including phenoxy) is 1. The molecule has 2 heterocycles. The summed E-state index contributed by atoms with van der Waals surface area (Å²) in [5.41, 5.74) is 1.79. The Morgan fingerprint density at radius 1 is 1.32 bits per heavy atom. The highest BCUT2D eigenvalue weighted by Crippen LogP contribution is 2.63. The van der Waals surface area contributed by atoms with Crippen molar-refractivity contribution in [2.75, 3.05) is 13.6 Å². The van der Waals surface area contributed by atoms with Crippen LogP contribution in [0.15, 0.2) is 18.2 Å². The lowest BCUT2D eigenvalue weighted by molar-refractivity contribution is -0.0453. The zero-order valence-corrected chi connectivity index (χ0v) is 12.4. The molecule has 5 rings (SSSR count).